The van der Waals surface area contributed by atoms with E-state index in [0.717, 1.165) is 23.7 Å². The predicted octanol–water partition coefficient (Wildman–Crippen LogP) is 1.91. The number of halogens is 1. The Morgan fingerprint density at radius 3 is 2.94 bits per heavy atom. The van der Waals surface area contributed by atoms with E-state index in [1.165, 1.54) is 0 Å². The fourth-order valence-corrected chi connectivity index (χ4v) is 1.59. The molecule has 0 saturated carbocycles. The number of rotatable bonds is 5. The summed E-state index contributed by atoms with van der Waals surface area (Å²) in [5.74, 6) is 0.248. The monoisotopic (exact) mass is 241 g/mol. The number of hydrogen-bond donors (Lipinski definition) is 2. The maximum atomic E-state index is 8.40. The van der Waals surface area contributed by atoms with Gasteiger partial charge in [-0.25, -0.2) is 0 Å². The highest BCUT2D eigenvalue weighted by Gasteiger charge is 2.02. The van der Waals surface area contributed by atoms with Gasteiger partial charge in [0.2, 0.25) is 0 Å². The van der Waals surface area contributed by atoms with E-state index in [1.807, 2.05) is 31.3 Å². The van der Waals surface area contributed by atoms with Crippen LogP contribution in [0.5, 0.6) is 0 Å². The summed E-state index contributed by atoms with van der Waals surface area (Å²) in [5, 5.41) is 12.1. The van der Waals surface area contributed by atoms with Crippen LogP contribution >= 0.6 is 11.6 Å². The van der Waals surface area contributed by atoms with E-state index in [4.69, 9.17) is 22.5 Å². The van der Waals surface area contributed by atoms with Crippen molar-refractivity contribution < 1.29 is 5.21 Å². The lowest BCUT2D eigenvalue weighted by Crippen LogP contribution is -2.24. The van der Waals surface area contributed by atoms with Crippen molar-refractivity contribution in [3.8, 4) is 0 Å². The summed E-state index contributed by atoms with van der Waals surface area (Å²) in [7, 11) is 1.98. The topological polar surface area (TPSA) is 61.8 Å². The lowest BCUT2D eigenvalue weighted by molar-refractivity contribution is 0.309. The minimum absolute atomic E-state index is 0.248. The Labute approximate surface area is 100 Å². The molecule has 1 aromatic carbocycles. The van der Waals surface area contributed by atoms with E-state index in [9.17, 15) is 0 Å². The van der Waals surface area contributed by atoms with Gasteiger partial charge in [-0.15, -0.1) is 0 Å². The number of nitrogens with zero attached hydrogens (tertiary/aromatic N) is 2. The fraction of sp³-hybridized carbons (Fsp3) is 0.364. The SMILES string of the molecule is CN(CC/C(N)=N/O)Cc1cccc(Cl)c1. The molecule has 16 heavy (non-hydrogen) atoms. The van der Waals surface area contributed by atoms with Crippen LogP contribution in [0.2, 0.25) is 5.02 Å². The first-order valence-electron chi connectivity index (χ1n) is 5.01. The molecule has 0 aliphatic carbocycles. The van der Waals surface area contributed by atoms with Crippen molar-refractivity contribution in [1.29, 1.82) is 0 Å². The van der Waals surface area contributed by atoms with Gasteiger partial charge in [0.15, 0.2) is 0 Å². The van der Waals surface area contributed by atoms with E-state index in [2.05, 4.69) is 10.1 Å². The molecule has 0 aliphatic rings. The molecule has 0 unspecified atom stereocenters. The number of oxime groups is 1. The Morgan fingerprint density at radius 2 is 2.31 bits per heavy atom. The van der Waals surface area contributed by atoms with Gasteiger partial charge in [-0.3, -0.25) is 0 Å². The van der Waals surface area contributed by atoms with Gasteiger partial charge in [0.25, 0.3) is 0 Å². The molecule has 0 radical (unpaired) electrons. The van der Waals surface area contributed by atoms with E-state index < -0.39 is 0 Å². The molecular formula is C11H16ClN3O. The lowest BCUT2D eigenvalue weighted by Gasteiger charge is -2.16. The predicted molar refractivity (Wildman–Crippen MR) is 65.8 cm³/mol. The van der Waals surface area contributed by atoms with Gasteiger partial charge in [0, 0.05) is 24.5 Å². The van der Waals surface area contributed by atoms with Crippen LogP contribution in [-0.4, -0.2) is 29.5 Å². The highest BCUT2D eigenvalue weighted by atomic mass is 35.5. The minimum atomic E-state index is 0.248. The molecule has 0 spiro atoms. The highest BCUT2D eigenvalue weighted by molar-refractivity contribution is 6.30. The van der Waals surface area contributed by atoms with Crippen LogP contribution in [0.15, 0.2) is 29.4 Å². The molecule has 0 saturated heterocycles. The van der Waals surface area contributed by atoms with Crippen LogP contribution in [-0.2, 0) is 6.54 Å². The second-order valence-corrected chi connectivity index (χ2v) is 4.15. The Balaban J connectivity index is 2.42. The minimum Gasteiger partial charge on any atom is -0.409 e. The standard InChI is InChI=1S/C11H16ClN3O/c1-15(6-5-11(13)14-16)8-9-3-2-4-10(12)7-9/h2-4,7,16H,5-6,8H2,1H3,(H2,13,14). The normalized spacial score (nSPS) is 12.1. The summed E-state index contributed by atoms with van der Waals surface area (Å²) in [4.78, 5) is 2.09. The summed E-state index contributed by atoms with van der Waals surface area (Å²) in [5.41, 5.74) is 6.54. The van der Waals surface area contributed by atoms with Crippen molar-refractivity contribution >= 4 is 17.4 Å². The second kappa shape index (κ2) is 6.35. The number of benzene rings is 1. The number of hydrogen-bond acceptors (Lipinski definition) is 3. The van der Waals surface area contributed by atoms with E-state index >= 15 is 0 Å². The Bertz CT molecular complexity index is 368. The number of amidine groups is 1. The molecule has 0 aromatic heterocycles. The van der Waals surface area contributed by atoms with Crippen LogP contribution in [0, 0.1) is 0 Å². The molecule has 0 amide bonds. The van der Waals surface area contributed by atoms with Crippen LogP contribution in [0.4, 0.5) is 0 Å². The maximum absolute atomic E-state index is 8.40. The van der Waals surface area contributed by atoms with Crippen molar-refractivity contribution in [2.75, 3.05) is 13.6 Å². The largest absolute Gasteiger partial charge is 0.409 e. The first kappa shape index (κ1) is 12.8. The number of nitrogens with two attached hydrogens (primary N) is 1. The molecule has 0 atom stereocenters. The van der Waals surface area contributed by atoms with Gasteiger partial charge in [-0.1, -0.05) is 28.9 Å². The molecule has 0 bridgehead atoms. The van der Waals surface area contributed by atoms with E-state index in [0.29, 0.717) is 6.42 Å². The van der Waals surface area contributed by atoms with Crippen LogP contribution < -0.4 is 5.73 Å². The van der Waals surface area contributed by atoms with Crippen molar-refractivity contribution in [3.05, 3.63) is 34.9 Å². The molecule has 0 heterocycles. The maximum Gasteiger partial charge on any atom is 0.140 e. The quantitative estimate of drug-likeness (QED) is 0.358. The lowest BCUT2D eigenvalue weighted by atomic mass is 10.2. The molecular weight excluding hydrogens is 226 g/mol. The molecule has 3 N–H and O–H groups in total. The first-order valence-corrected chi connectivity index (χ1v) is 5.39. The van der Waals surface area contributed by atoms with Crippen LogP contribution in [0.1, 0.15) is 12.0 Å². The summed E-state index contributed by atoms with van der Waals surface area (Å²) in [6.45, 7) is 1.53. The average Bonchev–Trinajstić information content (AvgIpc) is 2.26. The van der Waals surface area contributed by atoms with Crippen molar-refractivity contribution in [3.63, 3.8) is 0 Å². The fourth-order valence-electron chi connectivity index (χ4n) is 1.38. The first-order chi connectivity index (χ1) is 7.61. The van der Waals surface area contributed by atoms with Gasteiger partial charge in [0.1, 0.15) is 5.84 Å². The molecule has 1 aromatic rings. The average molecular weight is 242 g/mol. The zero-order valence-corrected chi connectivity index (χ0v) is 9.98. The Kier molecular flexibility index (Phi) is 5.08. The summed E-state index contributed by atoms with van der Waals surface area (Å²) < 4.78 is 0. The Hall–Kier alpha value is -1.26. The second-order valence-electron chi connectivity index (χ2n) is 3.71. The van der Waals surface area contributed by atoms with Gasteiger partial charge < -0.3 is 15.8 Å². The van der Waals surface area contributed by atoms with Crippen molar-refractivity contribution in [2.24, 2.45) is 10.9 Å². The smallest absolute Gasteiger partial charge is 0.140 e. The summed E-state index contributed by atoms with van der Waals surface area (Å²) >= 11 is 5.89. The van der Waals surface area contributed by atoms with Crippen LogP contribution in [0.3, 0.4) is 0 Å². The third kappa shape index (κ3) is 4.51. The van der Waals surface area contributed by atoms with Gasteiger partial charge in [-0.05, 0) is 24.7 Å². The zero-order valence-electron chi connectivity index (χ0n) is 9.23. The molecule has 1 rings (SSSR count). The molecule has 4 nitrogen and oxygen atoms in total. The van der Waals surface area contributed by atoms with Crippen molar-refractivity contribution in [1.82, 2.24) is 4.90 Å². The zero-order chi connectivity index (χ0) is 12.0. The van der Waals surface area contributed by atoms with Crippen molar-refractivity contribution in [2.45, 2.75) is 13.0 Å². The molecule has 5 heteroatoms. The van der Waals surface area contributed by atoms with Gasteiger partial charge in [-0.2, -0.15) is 0 Å². The van der Waals surface area contributed by atoms with E-state index in [1.54, 1.807) is 0 Å². The molecule has 0 fully saturated rings. The summed E-state index contributed by atoms with van der Waals surface area (Å²) in [6.07, 6.45) is 0.549. The molecule has 0 aliphatic heterocycles. The third-order valence-corrected chi connectivity index (χ3v) is 2.45. The third-order valence-electron chi connectivity index (χ3n) is 2.22. The molecule has 88 valence electrons. The van der Waals surface area contributed by atoms with Gasteiger partial charge >= 0.3 is 0 Å². The van der Waals surface area contributed by atoms with Gasteiger partial charge in [0.05, 0.1) is 0 Å². The van der Waals surface area contributed by atoms with Crippen LogP contribution in [0.25, 0.3) is 0 Å². The highest BCUT2D eigenvalue weighted by Crippen LogP contribution is 2.12. The van der Waals surface area contributed by atoms with E-state index in [-0.39, 0.29) is 5.84 Å². The Morgan fingerprint density at radius 1 is 1.56 bits per heavy atom. The summed E-state index contributed by atoms with van der Waals surface area (Å²) in [6, 6.07) is 7.73.